The largest absolute Gasteiger partial charge is 0.358 e. The van der Waals surface area contributed by atoms with Gasteiger partial charge in [0, 0.05) is 6.04 Å². The number of nitrogens with one attached hydrogen (secondary N) is 1. The highest BCUT2D eigenvalue weighted by molar-refractivity contribution is 6.02. The van der Waals surface area contributed by atoms with E-state index in [4.69, 9.17) is 0 Å². The van der Waals surface area contributed by atoms with Crippen molar-refractivity contribution in [2.75, 3.05) is 16.8 Å². The number of aryl methyl sites for hydroxylation is 1. The van der Waals surface area contributed by atoms with E-state index in [-0.39, 0.29) is 5.91 Å². The third-order valence-electron chi connectivity index (χ3n) is 3.13. The molecule has 78 valence electrons. The molecule has 1 aromatic rings. The summed E-state index contributed by atoms with van der Waals surface area (Å²) >= 11 is 0. The van der Waals surface area contributed by atoms with Gasteiger partial charge in [0.1, 0.15) is 0 Å². The molecule has 1 aliphatic carbocycles. The Morgan fingerprint density at radius 2 is 2.20 bits per heavy atom. The van der Waals surface area contributed by atoms with Gasteiger partial charge >= 0.3 is 0 Å². The quantitative estimate of drug-likeness (QED) is 0.754. The fourth-order valence-corrected chi connectivity index (χ4v) is 2.19. The molecule has 1 fully saturated rings. The van der Waals surface area contributed by atoms with Crippen molar-refractivity contribution in [1.29, 1.82) is 0 Å². The average molecular weight is 202 g/mol. The number of hydrogen-bond donors (Lipinski definition) is 1. The zero-order valence-electron chi connectivity index (χ0n) is 8.79. The number of carbonyl (C=O) groups excluding carboxylic acids is 1. The minimum atomic E-state index is 0.115. The van der Waals surface area contributed by atoms with Crippen molar-refractivity contribution in [3.8, 4) is 0 Å². The molecule has 1 aromatic carbocycles. The molecule has 2 aliphatic rings. The van der Waals surface area contributed by atoms with Crippen LogP contribution in [0.25, 0.3) is 0 Å². The summed E-state index contributed by atoms with van der Waals surface area (Å²) in [6.45, 7) is 2.55. The van der Waals surface area contributed by atoms with Crippen LogP contribution in [0.2, 0.25) is 0 Å². The molecule has 0 saturated heterocycles. The SMILES string of the molecule is Cc1cccc2c1NC(=O)CN2C1CC1. The van der Waals surface area contributed by atoms with Gasteiger partial charge in [-0.1, -0.05) is 12.1 Å². The molecule has 1 saturated carbocycles. The number of benzene rings is 1. The minimum absolute atomic E-state index is 0.115. The molecule has 3 heteroatoms. The Hall–Kier alpha value is -1.51. The van der Waals surface area contributed by atoms with E-state index in [0.29, 0.717) is 12.6 Å². The maximum atomic E-state index is 11.6. The molecule has 3 nitrogen and oxygen atoms in total. The lowest BCUT2D eigenvalue weighted by atomic mass is 10.1. The van der Waals surface area contributed by atoms with Gasteiger partial charge in [-0.25, -0.2) is 0 Å². The monoisotopic (exact) mass is 202 g/mol. The standard InChI is InChI=1S/C12H14N2O/c1-8-3-2-4-10-12(8)13-11(15)7-14(10)9-5-6-9/h2-4,9H,5-7H2,1H3,(H,13,15). The fourth-order valence-electron chi connectivity index (χ4n) is 2.19. The number of para-hydroxylation sites is 1. The van der Waals surface area contributed by atoms with Crippen LogP contribution in [0, 0.1) is 6.92 Å². The van der Waals surface area contributed by atoms with Crippen LogP contribution in [0.5, 0.6) is 0 Å². The Morgan fingerprint density at radius 1 is 1.40 bits per heavy atom. The second kappa shape index (κ2) is 2.99. The number of rotatable bonds is 1. The predicted molar refractivity (Wildman–Crippen MR) is 60.2 cm³/mol. The van der Waals surface area contributed by atoms with Crippen LogP contribution in [0.1, 0.15) is 18.4 Å². The molecule has 1 N–H and O–H groups in total. The van der Waals surface area contributed by atoms with E-state index in [1.807, 2.05) is 13.0 Å². The van der Waals surface area contributed by atoms with E-state index in [9.17, 15) is 4.79 Å². The summed E-state index contributed by atoms with van der Waals surface area (Å²) in [5.41, 5.74) is 3.34. The van der Waals surface area contributed by atoms with Gasteiger partial charge in [0.15, 0.2) is 0 Å². The molecule has 0 spiro atoms. The fraction of sp³-hybridized carbons (Fsp3) is 0.417. The van der Waals surface area contributed by atoms with Crippen LogP contribution >= 0.6 is 0 Å². The first-order valence-electron chi connectivity index (χ1n) is 5.42. The molecule has 15 heavy (non-hydrogen) atoms. The van der Waals surface area contributed by atoms with Crippen LogP contribution in [-0.2, 0) is 4.79 Å². The van der Waals surface area contributed by atoms with Crippen molar-refractivity contribution in [3.05, 3.63) is 23.8 Å². The van der Waals surface area contributed by atoms with Gasteiger partial charge in [0.25, 0.3) is 0 Å². The second-order valence-electron chi connectivity index (χ2n) is 4.38. The minimum Gasteiger partial charge on any atom is -0.358 e. The smallest absolute Gasteiger partial charge is 0.243 e. The maximum absolute atomic E-state index is 11.6. The Labute approximate surface area is 89.1 Å². The van der Waals surface area contributed by atoms with Crippen LogP contribution in [0.3, 0.4) is 0 Å². The number of anilines is 2. The number of carbonyl (C=O) groups is 1. The molecular formula is C12H14N2O. The highest BCUT2D eigenvalue weighted by Crippen LogP contribution is 2.39. The number of hydrogen-bond acceptors (Lipinski definition) is 2. The molecule has 0 unspecified atom stereocenters. The van der Waals surface area contributed by atoms with E-state index in [0.717, 1.165) is 11.3 Å². The number of amides is 1. The van der Waals surface area contributed by atoms with Crippen molar-refractivity contribution < 1.29 is 4.79 Å². The first kappa shape index (κ1) is 8.77. The van der Waals surface area contributed by atoms with Crippen molar-refractivity contribution in [2.45, 2.75) is 25.8 Å². The first-order chi connectivity index (χ1) is 7.25. The summed E-state index contributed by atoms with van der Waals surface area (Å²) in [4.78, 5) is 13.8. The van der Waals surface area contributed by atoms with E-state index in [1.54, 1.807) is 0 Å². The Morgan fingerprint density at radius 3 is 2.93 bits per heavy atom. The summed E-state index contributed by atoms with van der Waals surface area (Å²) < 4.78 is 0. The zero-order valence-corrected chi connectivity index (χ0v) is 8.79. The lowest BCUT2D eigenvalue weighted by Crippen LogP contribution is -2.39. The lowest BCUT2D eigenvalue weighted by molar-refractivity contribution is -0.115. The van der Waals surface area contributed by atoms with Gasteiger partial charge in [-0.15, -0.1) is 0 Å². The van der Waals surface area contributed by atoms with Crippen molar-refractivity contribution >= 4 is 17.3 Å². The van der Waals surface area contributed by atoms with Crippen LogP contribution in [0.4, 0.5) is 11.4 Å². The summed E-state index contributed by atoms with van der Waals surface area (Å²) in [6.07, 6.45) is 2.45. The van der Waals surface area contributed by atoms with E-state index < -0.39 is 0 Å². The van der Waals surface area contributed by atoms with Crippen molar-refractivity contribution in [3.63, 3.8) is 0 Å². The second-order valence-corrected chi connectivity index (χ2v) is 4.38. The lowest BCUT2D eigenvalue weighted by Gasteiger charge is -2.31. The summed E-state index contributed by atoms with van der Waals surface area (Å²) in [5, 5.41) is 2.96. The van der Waals surface area contributed by atoms with Gasteiger partial charge in [0.05, 0.1) is 17.9 Å². The third-order valence-corrected chi connectivity index (χ3v) is 3.13. The number of fused-ring (bicyclic) bond motifs is 1. The van der Waals surface area contributed by atoms with Crippen LogP contribution in [-0.4, -0.2) is 18.5 Å². The van der Waals surface area contributed by atoms with Gasteiger partial charge in [-0.2, -0.15) is 0 Å². The Bertz CT molecular complexity index is 424. The Balaban J connectivity index is 2.09. The highest BCUT2D eigenvalue weighted by atomic mass is 16.2. The molecule has 1 heterocycles. The van der Waals surface area contributed by atoms with Crippen molar-refractivity contribution in [1.82, 2.24) is 0 Å². The molecule has 0 aromatic heterocycles. The summed E-state index contributed by atoms with van der Waals surface area (Å²) in [7, 11) is 0. The highest BCUT2D eigenvalue weighted by Gasteiger charge is 2.34. The molecule has 3 rings (SSSR count). The molecule has 0 atom stereocenters. The topological polar surface area (TPSA) is 32.3 Å². The summed E-state index contributed by atoms with van der Waals surface area (Å²) in [5.74, 6) is 0.115. The normalized spacial score (nSPS) is 19.8. The molecule has 1 amide bonds. The third kappa shape index (κ3) is 1.39. The van der Waals surface area contributed by atoms with Gasteiger partial charge < -0.3 is 10.2 Å². The predicted octanol–water partition coefficient (Wildman–Crippen LogP) is 1.92. The van der Waals surface area contributed by atoms with Crippen molar-refractivity contribution in [2.24, 2.45) is 0 Å². The van der Waals surface area contributed by atoms with E-state index in [2.05, 4.69) is 22.3 Å². The van der Waals surface area contributed by atoms with Crippen LogP contribution < -0.4 is 10.2 Å². The number of nitrogens with zero attached hydrogens (tertiary/aromatic N) is 1. The molecule has 0 bridgehead atoms. The molecule has 0 radical (unpaired) electrons. The summed E-state index contributed by atoms with van der Waals surface area (Å²) in [6, 6.07) is 6.79. The van der Waals surface area contributed by atoms with Crippen LogP contribution in [0.15, 0.2) is 18.2 Å². The maximum Gasteiger partial charge on any atom is 0.243 e. The van der Waals surface area contributed by atoms with Gasteiger partial charge in [-0.05, 0) is 31.4 Å². The van der Waals surface area contributed by atoms with Gasteiger partial charge in [-0.3, -0.25) is 4.79 Å². The molecule has 1 aliphatic heterocycles. The van der Waals surface area contributed by atoms with E-state index in [1.165, 1.54) is 18.5 Å². The average Bonchev–Trinajstić information content (AvgIpc) is 3.02. The zero-order chi connectivity index (χ0) is 10.4. The Kier molecular flexibility index (Phi) is 1.75. The van der Waals surface area contributed by atoms with E-state index >= 15 is 0 Å². The first-order valence-corrected chi connectivity index (χ1v) is 5.42. The van der Waals surface area contributed by atoms with Gasteiger partial charge in [0.2, 0.25) is 5.91 Å². The molecular weight excluding hydrogens is 188 g/mol.